The van der Waals surface area contributed by atoms with Crippen LogP contribution in [0.2, 0.25) is 0 Å². The van der Waals surface area contributed by atoms with Gasteiger partial charge in [0.15, 0.2) is 0 Å². The Bertz CT molecular complexity index is 803. The molecule has 3 aromatic rings. The summed E-state index contributed by atoms with van der Waals surface area (Å²) in [6, 6.07) is 27.8. The number of rotatable bonds is 3. The smallest absolute Gasteiger partial charge is 0.131 e. The van der Waals surface area contributed by atoms with Gasteiger partial charge in [0.2, 0.25) is 0 Å². The van der Waals surface area contributed by atoms with Gasteiger partial charge in [0.25, 0.3) is 0 Å². The van der Waals surface area contributed by atoms with Crippen molar-refractivity contribution < 1.29 is 4.74 Å². The summed E-state index contributed by atoms with van der Waals surface area (Å²) in [7, 11) is 0. The van der Waals surface area contributed by atoms with E-state index in [1.54, 1.807) is 0 Å². The van der Waals surface area contributed by atoms with E-state index in [1.807, 2.05) is 0 Å². The van der Waals surface area contributed by atoms with Gasteiger partial charge < -0.3 is 4.74 Å². The van der Waals surface area contributed by atoms with Gasteiger partial charge in [-0.25, -0.2) is 0 Å². The molecule has 1 aliphatic rings. The molecule has 0 spiro atoms. The number of hydrogen-bond donors (Lipinski definition) is 0. The van der Waals surface area contributed by atoms with Gasteiger partial charge in [-0.15, -0.1) is 0 Å². The van der Waals surface area contributed by atoms with E-state index in [2.05, 4.69) is 92.7 Å². The van der Waals surface area contributed by atoms with Gasteiger partial charge >= 0.3 is 0 Å². The van der Waals surface area contributed by atoms with Crippen molar-refractivity contribution >= 4 is 0 Å². The van der Waals surface area contributed by atoms with Crippen LogP contribution in [-0.2, 0) is 11.8 Å². The predicted octanol–water partition coefficient (Wildman–Crippen LogP) is 5.98. The van der Waals surface area contributed by atoms with Crippen molar-refractivity contribution in [3.05, 3.63) is 95.6 Å². The van der Waals surface area contributed by atoms with Crippen molar-refractivity contribution in [2.45, 2.75) is 25.7 Å². The molecule has 3 aromatic carbocycles. The summed E-state index contributed by atoms with van der Waals surface area (Å²) in [4.78, 5) is 0. The Morgan fingerprint density at radius 1 is 0.708 bits per heavy atom. The number of ether oxygens (including phenoxy) is 1. The molecule has 0 N–H and O–H groups in total. The molecule has 0 atom stereocenters. The van der Waals surface area contributed by atoms with E-state index in [0.717, 1.165) is 17.9 Å². The van der Waals surface area contributed by atoms with Crippen LogP contribution in [0, 0.1) is 5.92 Å². The first-order chi connectivity index (χ1) is 11.7. The van der Waals surface area contributed by atoms with Crippen molar-refractivity contribution in [1.29, 1.82) is 0 Å². The highest BCUT2D eigenvalue weighted by atomic mass is 16.5. The fourth-order valence-corrected chi connectivity index (χ4v) is 4.05. The van der Waals surface area contributed by atoms with Gasteiger partial charge in [-0.3, -0.25) is 0 Å². The van der Waals surface area contributed by atoms with Gasteiger partial charge in [-0.1, -0.05) is 80.6 Å². The molecule has 1 heteroatoms. The zero-order valence-corrected chi connectivity index (χ0v) is 14.2. The largest absolute Gasteiger partial charge is 0.457 e. The lowest BCUT2D eigenvalue weighted by molar-refractivity contribution is 0.316. The van der Waals surface area contributed by atoms with Crippen molar-refractivity contribution in [2.24, 2.45) is 5.92 Å². The van der Waals surface area contributed by atoms with E-state index in [9.17, 15) is 0 Å². The molecule has 0 aromatic heterocycles. The normalized spacial score (nSPS) is 14.6. The maximum atomic E-state index is 6.22. The minimum atomic E-state index is -0.0766. The quantitative estimate of drug-likeness (QED) is 0.578. The van der Waals surface area contributed by atoms with Crippen LogP contribution in [0.25, 0.3) is 0 Å². The zero-order valence-electron chi connectivity index (χ0n) is 14.2. The third kappa shape index (κ3) is 2.24. The molecule has 0 unspecified atom stereocenters. The van der Waals surface area contributed by atoms with E-state index in [0.29, 0.717) is 5.92 Å². The predicted molar refractivity (Wildman–Crippen MR) is 98.7 cm³/mol. The Morgan fingerprint density at radius 3 is 1.75 bits per heavy atom. The molecule has 0 fully saturated rings. The molecular formula is C23H22O. The van der Waals surface area contributed by atoms with E-state index < -0.39 is 0 Å². The lowest BCUT2D eigenvalue weighted by Gasteiger charge is -2.43. The maximum Gasteiger partial charge on any atom is 0.131 e. The van der Waals surface area contributed by atoms with Gasteiger partial charge in [0.1, 0.15) is 11.5 Å². The first-order valence-electron chi connectivity index (χ1n) is 8.62. The Hall–Kier alpha value is -2.54. The molecule has 24 heavy (non-hydrogen) atoms. The molecule has 1 aliphatic heterocycles. The van der Waals surface area contributed by atoms with Crippen LogP contribution in [0.3, 0.4) is 0 Å². The van der Waals surface area contributed by atoms with Crippen LogP contribution in [0.4, 0.5) is 0 Å². The zero-order chi connectivity index (χ0) is 16.6. The number of benzene rings is 3. The summed E-state index contributed by atoms with van der Waals surface area (Å²) in [5, 5.41) is 0. The SMILES string of the molecule is CC(C)C1(Cc2ccccc2)c2ccccc2Oc2ccccc21. The monoisotopic (exact) mass is 314 g/mol. The van der Waals surface area contributed by atoms with Crippen molar-refractivity contribution in [3.8, 4) is 11.5 Å². The maximum absolute atomic E-state index is 6.22. The first kappa shape index (κ1) is 15.0. The van der Waals surface area contributed by atoms with Crippen LogP contribution in [-0.4, -0.2) is 0 Å². The standard InChI is InChI=1S/C23H22O/c1-17(2)23(16-18-10-4-3-5-11-18)19-12-6-8-14-21(19)24-22-15-9-7-13-20(22)23/h3-15,17H,16H2,1-2H3. The molecule has 0 radical (unpaired) electrons. The van der Waals surface area contributed by atoms with Gasteiger partial charge in [0.05, 0.1) is 0 Å². The summed E-state index contributed by atoms with van der Waals surface area (Å²) in [5.74, 6) is 2.42. The molecule has 0 saturated heterocycles. The first-order valence-corrected chi connectivity index (χ1v) is 8.62. The molecule has 0 aliphatic carbocycles. The fraction of sp³-hybridized carbons (Fsp3) is 0.217. The summed E-state index contributed by atoms with van der Waals surface area (Å²) >= 11 is 0. The summed E-state index contributed by atoms with van der Waals surface area (Å²) < 4.78 is 6.22. The number of fused-ring (bicyclic) bond motifs is 2. The van der Waals surface area contributed by atoms with E-state index >= 15 is 0 Å². The van der Waals surface area contributed by atoms with Gasteiger partial charge in [0, 0.05) is 16.5 Å². The number of para-hydroxylation sites is 2. The minimum Gasteiger partial charge on any atom is -0.457 e. The lowest BCUT2D eigenvalue weighted by Crippen LogP contribution is -2.38. The average Bonchev–Trinajstić information content (AvgIpc) is 2.62. The van der Waals surface area contributed by atoms with E-state index in [1.165, 1.54) is 16.7 Å². The molecule has 0 bridgehead atoms. The Balaban J connectivity index is 1.98. The number of hydrogen-bond acceptors (Lipinski definition) is 1. The summed E-state index contributed by atoms with van der Waals surface area (Å²) in [6.45, 7) is 4.64. The summed E-state index contributed by atoms with van der Waals surface area (Å²) in [5.41, 5.74) is 3.87. The van der Waals surface area contributed by atoms with Crippen LogP contribution >= 0.6 is 0 Å². The third-order valence-electron chi connectivity index (χ3n) is 5.27. The van der Waals surface area contributed by atoms with Crippen molar-refractivity contribution in [3.63, 3.8) is 0 Å². The fourth-order valence-electron chi connectivity index (χ4n) is 4.05. The molecule has 120 valence electrons. The van der Waals surface area contributed by atoms with Gasteiger partial charge in [-0.2, -0.15) is 0 Å². The Labute approximate surface area is 143 Å². The lowest BCUT2D eigenvalue weighted by atomic mass is 9.62. The van der Waals surface area contributed by atoms with E-state index in [4.69, 9.17) is 4.74 Å². The van der Waals surface area contributed by atoms with Crippen molar-refractivity contribution in [2.75, 3.05) is 0 Å². The molecule has 1 nitrogen and oxygen atoms in total. The topological polar surface area (TPSA) is 9.23 Å². The molecule has 4 rings (SSSR count). The molecule has 1 heterocycles. The van der Waals surface area contributed by atoms with Crippen LogP contribution in [0.15, 0.2) is 78.9 Å². The third-order valence-corrected chi connectivity index (χ3v) is 5.27. The highest BCUT2D eigenvalue weighted by Gasteiger charge is 2.44. The van der Waals surface area contributed by atoms with Crippen LogP contribution < -0.4 is 4.74 Å². The average molecular weight is 314 g/mol. The molecule has 0 amide bonds. The summed E-state index contributed by atoms with van der Waals surface area (Å²) in [6.07, 6.45) is 0.975. The highest BCUT2D eigenvalue weighted by Crippen LogP contribution is 2.53. The molecular weight excluding hydrogens is 292 g/mol. The second-order valence-corrected chi connectivity index (χ2v) is 6.88. The second kappa shape index (κ2) is 5.83. The minimum absolute atomic E-state index is 0.0766. The Morgan fingerprint density at radius 2 is 1.21 bits per heavy atom. The van der Waals surface area contributed by atoms with Crippen LogP contribution in [0.5, 0.6) is 11.5 Å². The van der Waals surface area contributed by atoms with Crippen molar-refractivity contribution in [1.82, 2.24) is 0 Å². The molecule has 0 saturated carbocycles. The highest BCUT2D eigenvalue weighted by molar-refractivity contribution is 5.58. The Kier molecular flexibility index (Phi) is 3.65. The van der Waals surface area contributed by atoms with E-state index in [-0.39, 0.29) is 5.41 Å². The van der Waals surface area contributed by atoms with Crippen LogP contribution in [0.1, 0.15) is 30.5 Å². The second-order valence-electron chi connectivity index (χ2n) is 6.88. The van der Waals surface area contributed by atoms with Gasteiger partial charge in [-0.05, 0) is 30.0 Å².